The molecule has 7 aromatic heterocycles. The lowest BCUT2D eigenvalue weighted by Gasteiger charge is -2.13. The zero-order valence-electron chi connectivity index (χ0n) is 26.7. The molecule has 0 atom stereocenters. The highest BCUT2D eigenvalue weighted by Gasteiger charge is 2.16. The first-order valence-electron chi connectivity index (χ1n) is 16.5. The molecule has 50 heavy (non-hydrogen) atoms. The molecular formula is C43H27N7. The average Bonchev–Trinajstić information content (AvgIpc) is 3.71. The normalized spacial score (nSPS) is 11.6. The van der Waals surface area contributed by atoms with E-state index in [1.165, 1.54) is 5.39 Å². The van der Waals surface area contributed by atoms with Crippen molar-refractivity contribution in [3.63, 3.8) is 0 Å². The maximum absolute atomic E-state index is 5.22. The van der Waals surface area contributed by atoms with Crippen molar-refractivity contribution >= 4 is 43.7 Å². The molecule has 0 spiro atoms. The van der Waals surface area contributed by atoms with E-state index in [0.29, 0.717) is 0 Å². The molecule has 0 saturated heterocycles. The lowest BCUT2D eigenvalue weighted by Crippen LogP contribution is -2.00. The second-order valence-electron chi connectivity index (χ2n) is 12.3. The molecular weight excluding hydrogens is 615 g/mol. The molecule has 0 N–H and O–H groups in total. The van der Waals surface area contributed by atoms with Gasteiger partial charge >= 0.3 is 0 Å². The van der Waals surface area contributed by atoms with Crippen LogP contribution in [0.15, 0.2) is 164 Å². The highest BCUT2D eigenvalue weighted by atomic mass is 15.1. The van der Waals surface area contributed by atoms with Crippen LogP contribution in [0.4, 0.5) is 0 Å². The predicted octanol–water partition coefficient (Wildman–Crippen LogP) is 9.86. The number of pyridine rings is 5. The molecule has 0 unspecified atom stereocenters. The fraction of sp³-hybridized carbons (Fsp3) is 0. The minimum absolute atomic E-state index is 0.785. The van der Waals surface area contributed by atoms with Gasteiger partial charge in [-0.05, 0) is 90.0 Å². The highest BCUT2D eigenvalue weighted by Crippen LogP contribution is 2.35. The number of nitrogens with zero attached hydrogens (tertiary/aromatic N) is 7. The summed E-state index contributed by atoms with van der Waals surface area (Å²) in [5.41, 5.74) is 10.8. The molecule has 10 rings (SSSR count). The average molecular weight is 642 g/mol. The molecule has 3 aromatic carbocycles. The van der Waals surface area contributed by atoms with E-state index in [1.807, 2.05) is 55.0 Å². The maximum atomic E-state index is 5.22. The van der Waals surface area contributed by atoms with Crippen LogP contribution in [0.3, 0.4) is 0 Å². The summed E-state index contributed by atoms with van der Waals surface area (Å²) >= 11 is 0. The number of para-hydroxylation sites is 2. The topological polar surface area (TPSA) is 74.3 Å². The first-order valence-corrected chi connectivity index (χ1v) is 16.5. The predicted molar refractivity (Wildman–Crippen MR) is 200 cm³/mol. The van der Waals surface area contributed by atoms with E-state index in [2.05, 4.69) is 116 Å². The van der Waals surface area contributed by atoms with E-state index in [0.717, 1.165) is 83.6 Å². The van der Waals surface area contributed by atoms with Crippen LogP contribution in [0.1, 0.15) is 0 Å². The largest absolute Gasteiger partial charge is 0.294 e. The smallest absolute Gasteiger partial charge is 0.145 e. The Bertz CT molecular complexity index is 2760. The second-order valence-corrected chi connectivity index (χ2v) is 12.3. The van der Waals surface area contributed by atoms with Gasteiger partial charge in [-0.15, -0.1) is 0 Å². The molecule has 0 radical (unpaired) electrons. The Hall–Kier alpha value is -6.99. The summed E-state index contributed by atoms with van der Waals surface area (Å²) in [7, 11) is 0. The van der Waals surface area contributed by atoms with E-state index < -0.39 is 0 Å². The molecule has 0 aliphatic heterocycles. The van der Waals surface area contributed by atoms with Gasteiger partial charge in [0.05, 0.1) is 33.6 Å². The van der Waals surface area contributed by atoms with Crippen molar-refractivity contribution in [2.24, 2.45) is 0 Å². The zero-order valence-corrected chi connectivity index (χ0v) is 26.7. The fourth-order valence-electron chi connectivity index (χ4n) is 7.11. The van der Waals surface area contributed by atoms with Crippen molar-refractivity contribution in [2.45, 2.75) is 0 Å². The number of hydrogen-bond acceptors (Lipinski definition) is 5. The van der Waals surface area contributed by atoms with Gasteiger partial charge in [0.2, 0.25) is 0 Å². The third-order valence-electron chi connectivity index (χ3n) is 9.39. The SMILES string of the molecule is c1cc(-c2cc(-c3ccc(-n4c5ccccc5c5cccnc54)cc3)cc(-c3ccncc3)n2)nc(-n2c3ccccc3c3cnccc32)c1. The molecule has 0 aliphatic carbocycles. The van der Waals surface area contributed by atoms with Crippen LogP contribution in [-0.2, 0) is 0 Å². The second kappa shape index (κ2) is 11.3. The van der Waals surface area contributed by atoms with E-state index in [4.69, 9.17) is 15.0 Å². The number of aromatic nitrogens is 7. The highest BCUT2D eigenvalue weighted by molar-refractivity contribution is 6.09. The standard InChI is InChI=1S/C43H27N7/c1-3-11-39-32(7-1)34-9-6-21-46-43(34)49(39)31-16-14-28(15-17-31)30-25-37(29-18-22-44-23-19-29)47-38(26-30)36-10-5-13-42(48-36)50-40-12-4-2-8-33(40)35-27-45-24-20-41(35)50/h1-27H. The summed E-state index contributed by atoms with van der Waals surface area (Å²) in [6.45, 7) is 0. The zero-order chi connectivity index (χ0) is 33.0. The summed E-state index contributed by atoms with van der Waals surface area (Å²) < 4.78 is 4.43. The van der Waals surface area contributed by atoms with E-state index >= 15 is 0 Å². The van der Waals surface area contributed by atoms with Crippen LogP contribution in [0.5, 0.6) is 0 Å². The lowest BCUT2D eigenvalue weighted by molar-refractivity contribution is 1.08. The third kappa shape index (κ3) is 4.48. The molecule has 10 aromatic rings. The molecule has 0 aliphatic rings. The van der Waals surface area contributed by atoms with Crippen molar-refractivity contribution in [3.8, 4) is 45.3 Å². The van der Waals surface area contributed by atoms with E-state index in [-0.39, 0.29) is 0 Å². The summed E-state index contributed by atoms with van der Waals surface area (Å²) in [4.78, 5) is 23.8. The van der Waals surface area contributed by atoms with Crippen molar-refractivity contribution in [1.29, 1.82) is 0 Å². The van der Waals surface area contributed by atoms with Gasteiger partial charge in [-0.1, -0.05) is 54.6 Å². The van der Waals surface area contributed by atoms with E-state index in [1.54, 1.807) is 12.4 Å². The molecule has 0 amide bonds. The van der Waals surface area contributed by atoms with Crippen molar-refractivity contribution < 1.29 is 0 Å². The molecule has 7 heteroatoms. The number of benzene rings is 3. The van der Waals surface area contributed by atoms with Gasteiger partial charge in [-0.3, -0.25) is 19.1 Å². The Kier molecular flexibility index (Phi) is 6.35. The molecule has 7 heterocycles. The lowest BCUT2D eigenvalue weighted by atomic mass is 10.0. The summed E-state index contributed by atoms with van der Waals surface area (Å²) in [5.74, 6) is 0.821. The van der Waals surface area contributed by atoms with Gasteiger partial charge in [0.15, 0.2) is 0 Å². The van der Waals surface area contributed by atoms with Crippen LogP contribution in [-0.4, -0.2) is 34.1 Å². The Morgan fingerprint density at radius 3 is 1.94 bits per heavy atom. The van der Waals surface area contributed by atoms with Crippen LogP contribution < -0.4 is 0 Å². The van der Waals surface area contributed by atoms with Crippen LogP contribution in [0.2, 0.25) is 0 Å². The third-order valence-corrected chi connectivity index (χ3v) is 9.39. The quantitative estimate of drug-likeness (QED) is 0.187. The van der Waals surface area contributed by atoms with Gasteiger partial charge in [-0.2, -0.15) is 0 Å². The molecule has 0 bridgehead atoms. The fourth-order valence-corrected chi connectivity index (χ4v) is 7.11. The maximum Gasteiger partial charge on any atom is 0.145 e. The monoisotopic (exact) mass is 641 g/mol. The van der Waals surface area contributed by atoms with Gasteiger partial charge in [0.1, 0.15) is 11.5 Å². The number of hydrogen-bond donors (Lipinski definition) is 0. The van der Waals surface area contributed by atoms with E-state index in [9.17, 15) is 0 Å². The van der Waals surface area contributed by atoms with Gasteiger partial charge in [0, 0.05) is 63.8 Å². The Morgan fingerprint density at radius 2 is 1.10 bits per heavy atom. The minimum Gasteiger partial charge on any atom is -0.294 e. The summed E-state index contributed by atoms with van der Waals surface area (Å²) in [6.07, 6.45) is 9.21. The van der Waals surface area contributed by atoms with Gasteiger partial charge in [0.25, 0.3) is 0 Å². The molecule has 0 fully saturated rings. The first kappa shape index (κ1) is 28.1. The van der Waals surface area contributed by atoms with Crippen LogP contribution >= 0.6 is 0 Å². The number of rotatable bonds is 5. The van der Waals surface area contributed by atoms with Crippen LogP contribution in [0, 0.1) is 0 Å². The van der Waals surface area contributed by atoms with Gasteiger partial charge < -0.3 is 0 Å². The Morgan fingerprint density at radius 1 is 0.400 bits per heavy atom. The molecule has 0 saturated carbocycles. The summed E-state index contributed by atoms with van der Waals surface area (Å²) in [6, 6.07) is 46.1. The summed E-state index contributed by atoms with van der Waals surface area (Å²) in [5, 5.41) is 4.56. The van der Waals surface area contributed by atoms with Crippen molar-refractivity contribution in [3.05, 3.63) is 164 Å². The van der Waals surface area contributed by atoms with Gasteiger partial charge in [-0.25, -0.2) is 15.0 Å². The number of fused-ring (bicyclic) bond motifs is 6. The van der Waals surface area contributed by atoms with Crippen molar-refractivity contribution in [2.75, 3.05) is 0 Å². The minimum atomic E-state index is 0.785. The van der Waals surface area contributed by atoms with Crippen LogP contribution in [0.25, 0.3) is 89.0 Å². The Labute approximate surface area is 286 Å². The first-order chi connectivity index (χ1) is 24.8. The Balaban J connectivity index is 1.11. The molecule has 7 nitrogen and oxygen atoms in total. The molecule has 234 valence electrons. The van der Waals surface area contributed by atoms with Crippen molar-refractivity contribution in [1.82, 2.24) is 34.1 Å².